The first-order valence-electron chi connectivity index (χ1n) is 14.1. The van der Waals surface area contributed by atoms with E-state index in [2.05, 4.69) is 56.7 Å². The van der Waals surface area contributed by atoms with Gasteiger partial charge in [-0.05, 0) is 59.3 Å². The van der Waals surface area contributed by atoms with Crippen LogP contribution in [0, 0.1) is 6.92 Å². The average molecular weight is 627 g/mol. The predicted octanol–water partition coefficient (Wildman–Crippen LogP) is 8.31. The molecule has 1 aromatic heterocycles. The van der Waals surface area contributed by atoms with E-state index in [1.54, 1.807) is 45.6 Å². The highest BCUT2D eigenvalue weighted by molar-refractivity contribution is 8.15. The molecule has 232 valence electrons. The zero-order valence-corrected chi connectivity index (χ0v) is 28.4. The smallest absolute Gasteiger partial charge is 0.432 e. The Bertz CT molecular complexity index is 1450. The summed E-state index contributed by atoms with van der Waals surface area (Å²) in [6.45, 7) is 15.5. The summed E-state index contributed by atoms with van der Waals surface area (Å²) in [5.74, 6) is 1.98. The van der Waals surface area contributed by atoms with E-state index in [0.29, 0.717) is 63.4 Å². The third kappa shape index (κ3) is 7.73. The molecule has 10 nitrogen and oxygen atoms in total. The van der Waals surface area contributed by atoms with E-state index < -0.39 is 14.4 Å². The minimum Gasteiger partial charge on any atom is -0.493 e. The number of hydrogen-bond donors (Lipinski definition) is 1. The summed E-state index contributed by atoms with van der Waals surface area (Å²) in [6, 6.07) is 11.0. The summed E-state index contributed by atoms with van der Waals surface area (Å²) >= 11 is 1.19. The van der Waals surface area contributed by atoms with Crippen molar-refractivity contribution >= 4 is 42.6 Å². The lowest BCUT2D eigenvalue weighted by molar-refractivity contribution is 0.206. The molecule has 0 radical (unpaired) electrons. The number of rotatable bonds is 12. The van der Waals surface area contributed by atoms with Gasteiger partial charge >= 0.3 is 6.09 Å². The number of carbonyl (C=O) groups is 1. The molecule has 0 spiro atoms. The molecule has 1 heterocycles. The van der Waals surface area contributed by atoms with Crippen molar-refractivity contribution < 1.29 is 28.3 Å². The molecule has 0 bridgehead atoms. The third-order valence-corrected chi connectivity index (χ3v) is 14.2. The summed E-state index contributed by atoms with van der Waals surface area (Å²) in [5, 5.41) is 13.8. The van der Waals surface area contributed by atoms with Crippen LogP contribution < -0.4 is 9.47 Å². The molecule has 1 N–H and O–H groups in total. The normalized spacial score (nSPS) is 12.9. The Labute approximate surface area is 259 Å². The highest BCUT2D eigenvalue weighted by atomic mass is 32.2. The molecule has 3 aromatic rings. The molecular weight excluding hydrogens is 585 g/mol. The van der Waals surface area contributed by atoms with Gasteiger partial charge in [-0.2, -0.15) is 9.98 Å². The van der Waals surface area contributed by atoms with Crippen LogP contribution in [0.1, 0.15) is 58.6 Å². The fourth-order valence-corrected chi connectivity index (χ4v) is 11.7. The van der Waals surface area contributed by atoms with Crippen molar-refractivity contribution in [2.45, 2.75) is 71.7 Å². The van der Waals surface area contributed by atoms with Crippen molar-refractivity contribution in [1.29, 1.82) is 0 Å². The van der Waals surface area contributed by atoms with Crippen LogP contribution >= 0.6 is 11.8 Å². The number of carboxylic acid groups (broad SMARTS) is 1. The van der Waals surface area contributed by atoms with Gasteiger partial charge in [0.1, 0.15) is 10.8 Å². The first kappa shape index (κ1) is 34.0. The second kappa shape index (κ2) is 14.8. The number of aromatic nitrogens is 2. The van der Waals surface area contributed by atoms with Gasteiger partial charge in [0.25, 0.3) is 0 Å². The van der Waals surface area contributed by atoms with Gasteiger partial charge in [0, 0.05) is 23.6 Å². The molecule has 0 fully saturated rings. The molecule has 0 saturated carbocycles. The Morgan fingerprint density at radius 1 is 1.02 bits per heavy atom. The second-order valence-electron chi connectivity index (χ2n) is 11.0. The van der Waals surface area contributed by atoms with E-state index in [4.69, 9.17) is 23.4 Å². The standard InChI is InChI=1S/C31H42N4O6SSi/c1-18(2)43(19(3)4,20(5)6)40-17-24-15-23(16-26(38-8)28(24)39-9)27(30(42-10)34-31(36)37)33-25-13-11-22(12-14-25)29-32-21(7)41-35-29/h11-16,18-20H,17H2,1-10H3,(H,36,37). The van der Waals surface area contributed by atoms with E-state index in [-0.39, 0.29) is 5.04 Å². The quantitative estimate of drug-likeness (QED) is 0.120. The van der Waals surface area contributed by atoms with Crippen LogP contribution in [0.3, 0.4) is 0 Å². The number of aliphatic imine (C=N–C) groups is 2. The molecule has 0 saturated heterocycles. The summed E-state index contributed by atoms with van der Waals surface area (Å²) in [6.07, 6.45) is 0.447. The number of hydrogen-bond acceptors (Lipinski definition) is 9. The maximum absolute atomic E-state index is 11.7. The zero-order valence-electron chi connectivity index (χ0n) is 26.6. The number of aryl methyl sites for hydroxylation is 1. The van der Waals surface area contributed by atoms with Crippen LogP contribution in [0.2, 0.25) is 16.6 Å². The lowest BCUT2D eigenvalue weighted by Gasteiger charge is -2.42. The second-order valence-corrected chi connectivity index (χ2v) is 17.3. The summed E-state index contributed by atoms with van der Waals surface area (Å²) < 4.78 is 23.6. The first-order valence-corrected chi connectivity index (χ1v) is 17.5. The summed E-state index contributed by atoms with van der Waals surface area (Å²) in [7, 11) is 0.954. The van der Waals surface area contributed by atoms with Gasteiger partial charge in [-0.15, -0.1) is 11.8 Å². The Balaban J connectivity index is 2.18. The summed E-state index contributed by atoms with van der Waals surface area (Å²) in [5.41, 5.74) is 4.31. The fourth-order valence-electron chi connectivity index (χ4n) is 5.74. The molecule has 0 aliphatic carbocycles. The largest absolute Gasteiger partial charge is 0.493 e. The van der Waals surface area contributed by atoms with Gasteiger partial charge in [-0.3, -0.25) is 0 Å². The number of amides is 1. The maximum atomic E-state index is 11.7. The Hall–Kier alpha value is -3.48. The maximum Gasteiger partial charge on any atom is 0.432 e. The molecule has 0 aliphatic rings. The van der Waals surface area contributed by atoms with Crippen molar-refractivity contribution in [3.8, 4) is 22.9 Å². The fraction of sp³-hybridized carbons (Fsp3) is 0.452. The van der Waals surface area contributed by atoms with Crippen LogP contribution in [0.4, 0.5) is 10.5 Å². The van der Waals surface area contributed by atoms with E-state index >= 15 is 0 Å². The minimum atomic E-state index is -2.21. The number of ether oxygens (including phenoxy) is 2. The van der Waals surface area contributed by atoms with Crippen molar-refractivity contribution in [1.82, 2.24) is 10.1 Å². The number of methoxy groups -OCH3 is 2. The molecule has 3 rings (SSSR count). The van der Waals surface area contributed by atoms with Gasteiger partial charge in [0.05, 0.1) is 26.5 Å². The van der Waals surface area contributed by atoms with Crippen molar-refractivity contribution in [2.75, 3.05) is 20.5 Å². The first-order chi connectivity index (χ1) is 20.4. The van der Waals surface area contributed by atoms with E-state index in [1.807, 2.05) is 18.2 Å². The Morgan fingerprint density at radius 3 is 2.12 bits per heavy atom. The van der Waals surface area contributed by atoms with Gasteiger partial charge < -0.3 is 23.5 Å². The van der Waals surface area contributed by atoms with Crippen LogP contribution in [0.15, 0.2) is 50.9 Å². The molecule has 12 heteroatoms. The summed E-state index contributed by atoms with van der Waals surface area (Å²) in [4.78, 5) is 24.7. The van der Waals surface area contributed by atoms with E-state index in [0.717, 1.165) is 11.1 Å². The van der Waals surface area contributed by atoms with Gasteiger partial charge in [0.15, 0.2) is 11.5 Å². The monoisotopic (exact) mass is 626 g/mol. The average Bonchev–Trinajstić information content (AvgIpc) is 3.40. The van der Waals surface area contributed by atoms with Crippen LogP contribution in [0.5, 0.6) is 11.5 Å². The van der Waals surface area contributed by atoms with Gasteiger partial charge in [-0.1, -0.05) is 46.7 Å². The van der Waals surface area contributed by atoms with Crippen LogP contribution in [-0.4, -0.2) is 60.9 Å². The minimum absolute atomic E-state index is 0.236. The number of nitrogens with zero attached hydrogens (tertiary/aromatic N) is 4. The van der Waals surface area contributed by atoms with Crippen LogP contribution in [0.25, 0.3) is 11.4 Å². The lowest BCUT2D eigenvalue weighted by Crippen LogP contribution is -2.47. The highest BCUT2D eigenvalue weighted by Gasteiger charge is 2.45. The van der Waals surface area contributed by atoms with E-state index in [9.17, 15) is 9.90 Å². The Morgan fingerprint density at radius 2 is 1.65 bits per heavy atom. The molecule has 0 atom stereocenters. The number of thioether (sulfide) groups is 1. The highest BCUT2D eigenvalue weighted by Crippen LogP contribution is 2.44. The number of benzene rings is 2. The topological polar surface area (TPSA) is 129 Å². The lowest BCUT2D eigenvalue weighted by atomic mass is 10.0. The third-order valence-electron chi connectivity index (χ3n) is 7.50. The molecule has 2 aromatic carbocycles. The Kier molecular flexibility index (Phi) is 11.7. The zero-order chi connectivity index (χ0) is 31.9. The van der Waals surface area contributed by atoms with Crippen LogP contribution in [-0.2, 0) is 11.0 Å². The molecule has 1 amide bonds. The van der Waals surface area contributed by atoms with Crippen molar-refractivity contribution in [3.05, 3.63) is 53.4 Å². The van der Waals surface area contributed by atoms with Crippen molar-refractivity contribution in [2.24, 2.45) is 9.98 Å². The SMILES string of the molecule is COc1cc(C(=Nc2ccc(-c3noc(C)n3)cc2)C(=NC(=O)O)SC)cc(CO[Si](C(C)C)(C(C)C)C(C)C)c1OC. The predicted molar refractivity (Wildman–Crippen MR) is 175 cm³/mol. The molecule has 0 aliphatic heterocycles. The van der Waals surface area contributed by atoms with Gasteiger partial charge in [-0.25, -0.2) is 9.79 Å². The van der Waals surface area contributed by atoms with Crippen molar-refractivity contribution in [3.63, 3.8) is 0 Å². The molecule has 0 unspecified atom stereocenters. The van der Waals surface area contributed by atoms with Gasteiger partial charge in [0.2, 0.25) is 20.0 Å². The molecular formula is C31H42N4O6SSi. The van der Waals surface area contributed by atoms with E-state index in [1.165, 1.54) is 11.8 Å². The molecule has 43 heavy (non-hydrogen) atoms.